The third kappa shape index (κ3) is 5.05. The predicted octanol–water partition coefficient (Wildman–Crippen LogP) is 2.42. The fourth-order valence-electron chi connectivity index (χ4n) is 1.81. The van der Waals surface area contributed by atoms with Crippen LogP contribution in [0.3, 0.4) is 0 Å². The number of nitrogens with zero attached hydrogens (tertiary/aromatic N) is 1. The molecule has 20 heavy (non-hydrogen) atoms. The molecule has 0 bridgehead atoms. The highest BCUT2D eigenvalue weighted by Crippen LogP contribution is 2.26. The van der Waals surface area contributed by atoms with Gasteiger partial charge in [-0.15, -0.1) is 0 Å². The number of nitro benzene ring substituents is 1. The number of non-ortho nitro benzene ring substituents is 1. The van der Waals surface area contributed by atoms with Crippen molar-refractivity contribution in [2.45, 2.75) is 26.7 Å². The van der Waals surface area contributed by atoms with Gasteiger partial charge in [-0.3, -0.25) is 19.7 Å². The van der Waals surface area contributed by atoms with Gasteiger partial charge in [0.25, 0.3) is 5.69 Å². The van der Waals surface area contributed by atoms with Gasteiger partial charge in [-0.1, -0.05) is 19.9 Å². The van der Waals surface area contributed by atoms with Crippen LogP contribution in [0.15, 0.2) is 24.3 Å². The van der Waals surface area contributed by atoms with Gasteiger partial charge >= 0.3 is 5.97 Å². The molecule has 0 spiro atoms. The second-order valence-corrected chi connectivity index (χ2v) is 5.27. The standard InChI is InChI=1S/C13H16N2O5/c1-13(2,8-12(17)18)7-11(16)14-9-4-3-5-10(6-9)15(19)20/h3-6H,7-8H2,1-2H3,(H,14,16)(H,17,18). The maximum atomic E-state index is 11.8. The summed E-state index contributed by atoms with van der Waals surface area (Å²) in [5, 5.41) is 21.9. The van der Waals surface area contributed by atoms with Crippen molar-refractivity contribution in [2.24, 2.45) is 5.41 Å². The molecular weight excluding hydrogens is 264 g/mol. The summed E-state index contributed by atoms with van der Waals surface area (Å²) >= 11 is 0. The summed E-state index contributed by atoms with van der Waals surface area (Å²) in [6.07, 6.45) is -0.114. The number of benzene rings is 1. The first-order valence-electron chi connectivity index (χ1n) is 5.96. The lowest BCUT2D eigenvalue weighted by atomic mass is 9.85. The Labute approximate surface area is 115 Å². The summed E-state index contributed by atoms with van der Waals surface area (Å²) in [6, 6.07) is 5.58. The number of carboxylic acid groups (broad SMARTS) is 1. The molecule has 0 aromatic heterocycles. The number of carboxylic acids is 1. The molecule has 1 amide bonds. The lowest BCUT2D eigenvalue weighted by Crippen LogP contribution is -2.24. The summed E-state index contributed by atoms with van der Waals surface area (Å²) < 4.78 is 0. The number of carbonyl (C=O) groups is 2. The Kier molecular flexibility index (Phi) is 4.79. The minimum atomic E-state index is -0.974. The first-order valence-corrected chi connectivity index (χ1v) is 5.96. The van der Waals surface area contributed by atoms with Crippen molar-refractivity contribution >= 4 is 23.3 Å². The highest BCUT2D eigenvalue weighted by Gasteiger charge is 2.25. The normalized spacial score (nSPS) is 10.9. The van der Waals surface area contributed by atoms with Gasteiger partial charge in [0.05, 0.1) is 11.3 Å². The molecule has 108 valence electrons. The number of amides is 1. The van der Waals surface area contributed by atoms with Crippen molar-refractivity contribution < 1.29 is 19.6 Å². The SMILES string of the molecule is CC(C)(CC(=O)O)CC(=O)Nc1cccc([N+](=O)[O-])c1. The molecule has 0 fully saturated rings. The van der Waals surface area contributed by atoms with E-state index in [0.717, 1.165) is 0 Å². The van der Waals surface area contributed by atoms with Crippen molar-refractivity contribution in [1.29, 1.82) is 0 Å². The van der Waals surface area contributed by atoms with Gasteiger partial charge in [-0.05, 0) is 11.5 Å². The van der Waals surface area contributed by atoms with Crippen LogP contribution >= 0.6 is 0 Å². The van der Waals surface area contributed by atoms with Crippen molar-refractivity contribution in [3.05, 3.63) is 34.4 Å². The molecule has 0 unspecified atom stereocenters. The number of nitrogens with one attached hydrogen (secondary N) is 1. The van der Waals surface area contributed by atoms with Crippen molar-refractivity contribution in [3.8, 4) is 0 Å². The number of hydrogen-bond donors (Lipinski definition) is 2. The first kappa shape index (κ1) is 15.6. The van der Waals surface area contributed by atoms with Gasteiger partial charge in [0.2, 0.25) is 5.91 Å². The molecule has 1 aromatic carbocycles. The van der Waals surface area contributed by atoms with Crippen molar-refractivity contribution in [2.75, 3.05) is 5.32 Å². The van der Waals surface area contributed by atoms with Crippen LogP contribution in [0.2, 0.25) is 0 Å². The van der Waals surface area contributed by atoms with Crippen LogP contribution in [0.5, 0.6) is 0 Å². The van der Waals surface area contributed by atoms with E-state index in [-0.39, 0.29) is 24.4 Å². The number of nitro groups is 1. The lowest BCUT2D eigenvalue weighted by Gasteiger charge is -2.21. The molecule has 0 aliphatic carbocycles. The Morgan fingerprint density at radius 1 is 1.35 bits per heavy atom. The minimum Gasteiger partial charge on any atom is -0.481 e. The summed E-state index contributed by atoms with van der Waals surface area (Å²) in [5.74, 6) is -1.35. The minimum absolute atomic E-state index is 0.0159. The number of aliphatic carboxylic acids is 1. The molecule has 7 nitrogen and oxygen atoms in total. The average Bonchev–Trinajstić information content (AvgIpc) is 2.25. The summed E-state index contributed by atoms with van der Waals surface area (Å²) in [7, 11) is 0. The Bertz CT molecular complexity index is 539. The second-order valence-electron chi connectivity index (χ2n) is 5.27. The summed E-state index contributed by atoms with van der Waals surface area (Å²) in [4.78, 5) is 32.5. The largest absolute Gasteiger partial charge is 0.481 e. The topological polar surface area (TPSA) is 110 Å². The smallest absolute Gasteiger partial charge is 0.303 e. The third-order valence-corrected chi connectivity index (χ3v) is 2.61. The van der Waals surface area contributed by atoms with Crippen molar-refractivity contribution in [1.82, 2.24) is 0 Å². The van der Waals surface area contributed by atoms with Crippen LogP contribution in [-0.2, 0) is 9.59 Å². The fourth-order valence-corrected chi connectivity index (χ4v) is 1.81. The monoisotopic (exact) mass is 280 g/mol. The molecule has 0 radical (unpaired) electrons. The number of hydrogen-bond acceptors (Lipinski definition) is 4. The summed E-state index contributed by atoms with van der Waals surface area (Å²) in [5.41, 5.74) is -0.487. The van der Waals surface area contributed by atoms with E-state index in [0.29, 0.717) is 5.69 Å². The van der Waals surface area contributed by atoms with Gasteiger partial charge in [0, 0.05) is 24.2 Å². The molecule has 0 saturated heterocycles. The Morgan fingerprint density at radius 3 is 2.55 bits per heavy atom. The van der Waals surface area contributed by atoms with Gasteiger partial charge < -0.3 is 10.4 Å². The predicted molar refractivity (Wildman–Crippen MR) is 72.4 cm³/mol. The molecule has 0 saturated carbocycles. The molecule has 2 N–H and O–H groups in total. The average molecular weight is 280 g/mol. The zero-order valence-electron chi connectivity index (χ0n) is 11.3. The van der Waals surface area contributed by atoms with Gasteiger partial charge in [-0.25, -0.2) is 0 Å². The number of carbonyl (C=O) groups excluding carboxylic acids is 1. The van der Waals surface area contributed by atoms with Crippen LogP contribution < -0.4 is 5.32 Å². The van der Waals surface area contributed by atoms with Gasteiger partial charge in [-0.2, -0.15) is 0 Å². The molecule has 0 atom stereocenters. The van der Waals surface area contributed by atoms with E-state index in [1.165, 1.54) is 24.3 Å². The highest BCUT2D eigenvalue weighted by molar-refractivity contribution is 5.91. The molecule has 1 rings (SSSR count). The third-order valence-electron chi connectivity index (χ3n) is 2.61. The molecule has 1 aromatic rings. The maximum absolute atomic E-state index is 11.8. The molecular formula is C13H16N2O5. The summed E-state index contributed by atoms with van der Waals surface area (Å²) in [6.45, 7) is 3.35. The highest BCUT2D eigenvalue weighted by atomic mass is 16.6. The first-order chi connectivity index (χ1) is 9.19. The van der Waals surface area contributed by atoms with Crippen molar-refractivity contribution in [3.63, 3.8) is 0 Å². The molecule has 0 aliphatic rings. The fraction of sp³-hybridized carbons (Fsp3) is 0.385. The molecule has 0 heterocycles. The van der Waals surface area contributed by atoms with E-state index < -0.39 is 16.3 Å². The maximum Gasteiger partial charge on any atom is 0.303 e. The van der Waals surface area contributed by atoms with E-state index >= 15 is 0 Å². The zero-order valence-corrected chi connectivity index (χ0v) is 11.3. The Morgan fingerprint density at radius 2 is 2.00 bits per heavy atom. The zero-order chi connectivity index (χ0) is 15.3. The number of rotatable bonds is 6. The van der Waals surface area contributed by atoms with Gasteiger partial charge in [0.15, 0.2) is 0 Å². The van der Waals surface area contributed by atoms with E-state index in [2.05, 4.69) is 5.32 Å². The molecule has 0 aliphatic heterocycles. The van der Waals surface area contributed by atoms with Crippen LogP contribution in [0, 0.1) is 15.5 Å². The van der Waals surface area contributed by atoms with Crippen LogP contribution in [-0.4, -0.2) is 21.9 Å². The van der Waals surface area contributed by atoms with E-state index in [9.17, 15) is 19.7 Å². The van der Waals surface area contributed by atoms with E-state index in [1.54, 1.807) is 13.8 Å². The van der Waals surface area contributed by atoms with E-state index in [4.69, 9.17) is 5.11 Å². The van der Waals surface area contributed by atoms with Crippen LogP contribution in [0.25, 0.3) is 0 Å². The number of anilines is 1. The van der Waals surface area contributed by atoms with Crippen LogP contribution in [0.4, 0.5) is 11.4 Å². The molecule has 7 heteroatoms. The Hall–Kier alpha value is -2.44. The quantitative estimate of drug-likeness (QED) is 0.614. The van der Waals surface area contributed by atoms with E-state index in [1.807, 2.05) is 0 Å². The lowest BCUT2D eigenvalue weighted by molar-refractivity contribution is -0.384. The Balaban J connectivity index is 2.69. The van der Waals surface area contributed by atoms with Gasteiger partial charge in [0.1, 0.15) is 0 Å². The van der Waals surface area contributed by atoms with Crippen LogP contribution in [0.1, 0.15) is 26.7 Å². The second kappa shape index (κ2) is 6.14.